The first kappa shape index (κ1) is 17.4. The lowest BCUT2D eigenvalue weighted by molar-refractivity contribution is 0.518. The summed E-state index contributed by atoms with van der Waals surface area (Å²) in [7, 11) is -7.30. The number of hydrogen-bond donors (Lipinski definition) is 2. The number of benzene rings is 1. The second-order valence-corrected chi connectivity index (χ2v) is 9.63. The molecule has 1 aliphatic carbocycles. The molecule has 1 aromatic carbocycles. The maximum atomic E-state index is 12.6. The molecule has 1 fully saturated rings. The minimum Gasteiger partial charge on any atom is -0.329 e. The van der Waals surface area contributed by atoms with Gasteiger partial charge in [0, 0.05) is 18.8 Å². The van der Waals surface area contributed by atoms with Gasteiger partial charge in [0.05, 0.1) is 9.79 Å². The Labute approximate surface area is 132 Å². The molecule has 0 radical (unpaired) electrons. The van der Waals surface area contributed by atoms with Crippen LogP contribution in [0.25, 0.3) is 0 Å². The molecule has 0 bridgehead atoms. The fraction of sp³-hybridized carbons (Fsp3) is 0.571. The Morgan fingerprint density at radius 3 is 2.18 bits per heavy atom. The first-order valence-corrected chi connectivity index (χ1v) is 10.5. The van der Waals surface area contributed by atoms with Crippen LogP contribution < -0.4 is 10.5 Å². The summed E-state index contributed by atoms with van der Waals surface area (Å²) in [5.74, 6) is 0.277. The standard InChI is InChI=1S/C14H22N2O4S2/c1-9-6-13(21(3,17)18)10(2)14(7-9)22(19,20)16-12(8-15)11-4-5-11/h6-7,11-12,16H,4-5,8,15H2,1-3H3. The van der Waals surface area contributed by atoms with Gasteiger partial charge < -0.3 is 5.73 Å². The molecule has 8 heteroatoms. The van der Waals surface area contributed by atoms with Gasteiger partial charge in [0.2, 0.25) is 10.0 Å². The fourth-order valence-electron chi connectivity index (χ4n) is 2.56. The molecule has 124 valence electrons. The second kappa shape index (κ2) is 5.92. The summed E-state index contributed by atoms with van der Waals surface area (Å²) >= 11 is 0. The highest BCUT2D eigenvalue weighted by Crippen LogP contribution is 2.33. The summed E-state index contributed by atoms with van der Waals surface area (Å²) in [5, 5.41) is 0. The molecule has 0 aromatic heterocycles. The summed E-state index contributed by atoms with van der Waals surface area (Å²) < 4.78 is 51.6. The van der Waals surface area contributed by atoms with Gasteiger partial charge in [-0.3, -0.25) is 0 Å². The van der Waals surface area contributed by atoms with Crippen molar-refractivity contribution in [1.82, 2.24) is 4.72 Å². The van der Waals surface area contributed by atoms with E-state index in [-0.39, 0.29) is 33.9 Å². The number of sulfonamides is 1. The molecular formula is C14H22N2O4S2. The van der Waals surface area contributed by atoms with Gasteiger partial charge in [0.25, 0.3) is 0 Å². The molecule has 3 N–H and O–H groups in total. The van der Waals surface area contributed by atoms with Gasteiger partial charge in [-0.25, -0.2) is 21.6 Å². The summed E-state index contributed by atoms with van der Waals surface area (Å²) in [6, 6.07) is 2.68. The lowest BCUT2D eigenvalue weighted by Crippen LogP contribution is -2.41. The van der Waals surface area contributed by atoms with Crippen LogP contribution in [0.15, 0.2) is 21.9 Å². The van der Waals surface area contributed by atoms with Crippen LogP contribution in [-0.4, -0.2) is 35.7 Å². The first-order chi connectivity index (χ1) is 10.1. The van der Waals surface area contributed by atoms with Crippen molar-refractivity contribution in [2.75, 3.05) is 12.8 Å². The van der Waals surface area contributed by atoms with Crippen molar-refractivity contribution in [3.8, 4) is 0 Å². The van der Waals surface area contributed by atoms with Crippen molar-refractivity contribution in [3.05, 3.63) is 23.3 Å². The average molecular weight is 346 g/mol. The van der Waals surface area contributed by atoms with Gasteiger partial charge in [-0.15, -0.1) is 0 Å². The molecule has 1 aliphatic rings. The van der Waals surface area contributed by atoms with E-state index < -0.39 is 19.9 Å². The van der Waals surface area contributed by atoms with E-state index in [0.717, 1.165) is 19.1 Å². The molecule has 0 spiro atoms. The van der Waals surface area contributed by atoms with Crippen molar-refractivity contribution < 1.29 is 16.8 Å². The molecule has 22 heavy (non-hydrogen) atoms. The molecule has 0 saturated heterocycles. The number of nitrogens with one attached hydrogen (secondary N) is 1. The summed E-state index contributed by atoms with van der Waals surface area (Å²) in [6.07, 6.45) is 3.00. The number of hydrogen-bond acceptors (Lipinski definition) is 5. The average Bonchev–Trinajstić information content (AvgIpc) is 3.21. The van der Waals surface area contributed by atoms with Gasteiger partial charge in [0.15, 0.2) is 9.84 Å². The molecule has 1 aromatic rings. The molecule has 0 aliphatic heterocycles. The summed E-state index contributed by atoms with van der Waals surface area (Å²) in [6.45, 7) is 3.42. The molecule has 0 heterocycles. The Kier molecular flexibility index (Phi) is 4.68. The van der Waals surface area contributed by atoms with E-state index in [1.54, 1.807) is 6.92 Å². The van der Waals surface area contributed by atoms with Crippen molar-refractivity contribution >= 4 is 19.9 Å². The van der Waals surface area contributed by atoms with Crippen molar-refractivity contribution in [2.24, 2.45) is 11.7 Å². The van der Waals surface area contributed by atoms with Crippen LogP contribution >= 0.6 is 0 Å². The Morgan fingerprint density at radius 1 is 1.18 bits per heavy atom. The molecule has 1 unspecified atom stereocenters. The third-order valence-corrected chi connectivity index (χ3v) is 6.74. The Morgan fingerprint density at radius 2 is 1.73 bits per heavy atom. The minimum atomic E-state index is -3.81. The highest BCUT2D eigenvalue weighted by molar-refractivity contribution is 7.91. The Balaban J connectivity index is 2.49. The third kappa shape index (κ3) is 3.68. The highest BCUT2D eigenvalue weighted by Gasteiger charge is 2.34. The quantitative estimate of drug-likeness (QED) is 0.789. The summed E-state index contributed by atoms with van der Waals surface area (Å²) in [4.78, 5) is 0.0515. The first-order valence-electron chi connectivity index (χ1n) is 7.10. The molecule has 1 saturated carbocycles. The van der Waals surface area contributed by atoms with E-state index in [4.69, 9.17) is 5.73 Å². The number of nitrogens with two attached hydrogens (primary N) is 1. The zero-order valence-corrected chi connectivity index (χ0v) is 14.6. The van der Waals surface area contributed by atoms with E-state index in [1.165, 1.54) is 19.1 Å². The third-order valence-electron chi connectivity index (χ3n) is 3.90. The van der Waals surface area contributed by atoms with Gasteiger partial charge in [-0.1, -0.05) is 0 Å². The normalized spacial score (nSPS) is 17.5. The molecular weight excluding hydrogens is 324 g/mol. The Bertz CT molecular complexity index is 781. The van der Waals surface area contributed by atoms with Gasteiger partial charge in [-0.05, 0) is 55.9 Å². The number of rotatable bonds is 6. The van der Waals surface area contributed by atoms with Crippen LogP contribution in [0.2, 0.25) is 0 Å². The van der Waals surface area contributed by atoms with Crippen molar-refractivity contribution in [3.63, 3.8) is 0 Å². The zero-order chi connectivity index (χ0) is 16.7. The van der Waals surface area contributed by atoms with Gasteiger partial charge in [-0.2, -0.15) is 0 Å². The summed E-state index contributed by atoms with van der Waals surface area (Å²) in [5.41, 5.74) is 6.47. The zero-order valence-electron chi connectivity index (χ0n) is 13.0. The second-order valence-electron chi connectivity index (χ2n) is 5.96. The van der Waals surface area contributed by atoms with Crippen LogP contribution in [0, 0.1) is 19.8 Å². The minimum absolute atomic E-state index is 0.00650. The predicted molar refractivity (Wildman–Crippen MR) is 84.9 cm³/mol. The molecule has 2 rings (SSSR count). The van der Waals surface area contributed by atoms with Crippen LogP contribution in [0.4, 0.5) is 0 Å². The predicted octanol–water partition coefficient (Wildman–Crippen LogP) is 0.723. The van der Waals surface area contributed by atoms with Crippen molar-refractivity contribution in [2.45, 2.75) is 42.5 Å². The lowest BCUT2D eigenvalue weighted by Gasteiger charge is -2.18. The lowest BCUT2D eigenvalue weighted by atomic mass is 10.2. The highest BCUT2D eigenvalue weighted by atomic mass is 32.2. The van der Waals surface area contributed by atoms with Crippen molar-refractivity contribution in [1.29, 1.82) is 0 Å². The van der Waals surface area contributed by atoms with E-state index >= 15 is 0 Å². The van der Waals surface area contributed by atoms with Crippen LogP contribution in [0.5, 0.6) is 0 Å². The smallest absolute Gasteiger partial charge is 0.241 e. The topological polar surface area (TPSA) is 106 Å². The van der Waals surface area contributed by atoms with E-state index in [2.05, 4.69) is 4.72 Å². The monoisotopic (exact) mass is 346 g/mol. The molecule has 1 atom stereocenters. The maximum absolute atomic E-state index is 12.6. The number of sulfone groups is 1. The molecule has 0 amide bonds. The van der Waals surface area contributed by atoms with Crippen LogP contribution in [-0.2, 0) is 19.9 Å². The number of aryl methyl sites for hydroxylation is 1. The maximum Gasteiger partial charge on any atom is 0.241 e. The van der Waals surface area contributed by atoms with E-state index in [0.29, 0.717) is 5.56 Å². The van der Waals surface area contributed by atoms with Gasteiger partial charge in [0.1, 0.15) is 0 Å². The fourth-order valence-corrected chi connectivity index (χ4v) is 5.35. The molecule has 6 nitrogen and oxygen atoms in total. The Hall–Kier alpha value is -0.960. The SMILES string of the molecule is Cc1cc(S(C)(=O)=O)c(C)c(S(=O)(=O)NC(CN)C2CC2)c1. The van der Waals surface area contributed by atoms with Crippen LogP contribution in [0.1, 0.15) is 24.0 Å². The van der Waals surface area contributed by atoms with E-state index in [9.17, 15) is 16.8 Å². The van der Waals surface area contributed by atoms with E-state index in [1.807, 2.05) is 0 Å². The van der Waals surface area contributed by atoms with Crippen LogP contribution in [0.3, 0.4) is 0 Å². The largest absolute Gasteiger partial charge is 0.329 e. The van der Waals surface area contributed by atoms with Gasteiger partial charge >= 0.3 is 0 Å².